The van der Waals surface area contributed by atoms with Gasteiger partial charge in [0.05, 0.1) is 0 Å². The highest BCUT2D eigenvalue weighted by molar-refractivity contribution is 9.10. The first-order valence-electron chi connectivity index (χ1n) is 7.03. The molecule has 0 unspecified atom stereocenters. The zero-order chi connectivity index (χ0) is 16.5. The summed E-state index contributed by atoms with van der Waals surface area (Å²) in [5.74, 6) is -0.649. The summed E-state index contributed by atoms with van der Waals surface area (Å²) < 4.78 is 0.882. The number of hydrogen-bond acceptors (Lipinski definition) is 3. The molecule has 2 amide bonds. The minimum atomic E-state index is -0.653. The number of hydrogen-bond donors (Lipinski definition) is 3. The van der Waals surface area contributed by atoms with E-state index in [9.17, 15) is 9.59 Å². The number of allylic oxidation sites excluding steroid dienone is 1. The molecule has 0 radical (unpaired) electrons. The minimum Gasteiger partial charge on any atom is -0.396 e. The number of nitrogens with one attached hydrogen (secondary N) is 2. The van der Waals surface area contributed by atoms with Crippen LogP contribution in [0.15, 0.2) is 41.4 Å². The largest absolute Gasteiger partial charge is 0.396 e. The van der Waals surface area contributed by atoms with Crippen molar-refractivity contribution >= 4 is 27.7 Å². The van der Waals surface area contributed by atoms with Crippen molar-refractivity contribution in [3.63, 3.8) is 0 Å². The van der Waals surface area contributed by atoms with Gasteiger partial charge in [0.2, 0.25) is 5.91 Å². The van der Waals surface area contributed by atoms with Gasteiger partial charge in [0.15, 0.2) is 0 Å². The molecule has 5 nitrogen and oxygen atoms in total. The number of rotatable bonds is 8. The monoisotopic (exact) mass is 368 g/mol. The Balaban J connectivity index is 2.48. The molecule has 1 aromatic carbocycles. The number of aliphatic hydroxyl groups is 1. The van der Waals surface area contributed by atoms with Gasteiger partial charge < -0.3 is 15.7 Å². The molecule has 1 rings (SSSR count). The molecule has 0 aromatic heterocycles. The summed E-state index contributed by atoms with van der Waals surface area (Å²) in [6.07, 6.45) is 2.32. The average molecular weight is 369 g/mol. The van der Waals surface area contributed by atoms with E-state index in [1.54, 1.807) is 37.3 Å². The maximum atomic E-state index is 12.0. The Morgan fingerprint density at radius 2 is 2.00 bits per heavy atom. The zero-order valence-electron chi connectivity index (χ0n) is 12.5. The average Bonchev–Trinajstić information content (AvgIpc) is 2.51. The number of carbonyl (C=O) groups is 2. The second kappa shape index (κ2) is 9.38. The molecule has 0 saturated heterocycles. The van der Waals surface area contributed by atoms with Gasteiger partial charge in [-0.15, -0.1) is 6.58 Å². The predicted octanol–water partition coefficient (Wildman–Crippen LogP) is 1.87. The van der Waals surface area contributed by atoms with Crippen LogP contribution in [-0.2, 0) is 4.79 Å². The van der Waals surface area contributed by atoms with Crippen LogP contribution >= 0.6 is 15.9 Å². The molecule has 6 heteroatoms. The zero-order valence-corrected chi connectivity index (χ0v) is 14.1. The second-order valence-corrected chi connectivity index (χ2v) is 5.94. The first-order valence-corrected chi connectivity index (χ1v) is 7.83. The van der Waals surface area contributed by atoms with Crippen molar-refractivity contribution in [2.45, 2.75) is 19.4 Å². The number of amides is 2. The van der Waals surface area contributed by atoms with E-state index in [0.29, 0.717) is 18.5 Å². The SMILES string of the molecule is C=CC[C@@H](CO)CNC(=O)[C@@H](C)NC(=O)c1ccc(Br)cc1. The number of halogens is 1. The third-order valence-corrected chi connectivity index (χ3v) is 3.70. The molecule has 1 aromatic rings. The van der Waals surface area contributed by atoms with Crippen LogP contribution in [0.2, 0.25) is 0 Å². The summed E-state index contributed by atoms with van der Waals surface area (Å²) in [4.78, 5) is 24.0. The lowest BCUT2D eigenvalue weighted by Crippen LogP contribution is -2.46. The maximum absolute atomic E-state index is 12.0. The van der Waals surface area contributed by atoms with Gasteiger partial charge in [0, 0.05) is 29.1 Å². The molecular formula is C16H21BrN2O3. The second-order valence-electron chi connectivity index (χ2n) is 5.02. The molecule has 0 spiro atoms. The third-order valence-electron chi connectivity index (χ3n) is 3.17. The molecule has 0 bridgehead atoms. The lowest BCUT2D eigenvalue weighted by atomic mass is 10.1. The summed E-state index contributed by atoms with van der Waals surface area (Å²) in [7, 11) is 0. The van der Waals surface area contributed by atoms with Crippen molar-refractivity contribution in [2.75, 3.05) is 13.2 Å². The van der Waals surface area contributed by atoms with Crippen LogP contribution in [0, 0.1) is 5.92 Å². The van der Waals surface area contributed by atoms with E-state index < -0.39 is 6.04 Å². The minimum absolute atomic E-state index is 0.0219. The summed E-state index contributed by atoms with van der Waals surface area (Å²) in [6, 6.07) is 6.23. The van der Waals surface area contributed by atoms with Gasteiger partial charge >= 0.3 is 0 Å². The Morgan fingerprint density at radius 1 is 1.36 bits per heavy atom. The Kier molecular flexibility index (Phi) is 7.84. The van der Waals surface area contributed by atoms with Gasteiger partial charge in [-0.25, -0.2) is 0 Å². The standard InChI is InChI=1S/C16H21BrN2O3/c1-3-4-12(10-20)9-18-15(21)11(2)19-16(22)13-5-7-14(17)8-6-13/h3,5-8,11-12,20H,1,4,9-10H2,2H3,(H,18,21)(H,19,22)/t11-,12-/m1/s1. The highest BCUT2D eigenvalue weighted by atomic mass is 79.9. The molecule has 3 N–H and O–H groups in total. The fraction of sp³-hybridized carbons (Fsp3) is 0.375. The third kappa shape index (κ3) is 5.99. The van der Waals surface area contributed by atoms with E-state index in [1.807, 2.05) is 0 Å². The molecule has 22 heavy (non-hydrogen) atoms. The lowest BCUT2D eigenvalue weighted by molar-refractivity contribution is -0.122. The quantitative estimate of drug-likeness (QED) is 0.612. The Hall–Kier alpha value is -1.66. The highest BCUT2D eigenvalue weighted by Crippen LogP contribution is 2.10. The van der Waals surface area contributed by atoms with Gasteiger partial charge in [-0.2, -0.15) is 0 Å². The first kappa shape index (κ1) is 18.4. The van der Waals surface area contributed by atoms with Gasteiger partial charge in [-0.1, -0.05) is 22.0 Å². The summed E-state index contributed by atoms with van der Waals surface area (Å²) in [5, 5.41) is 14.5. The van der Waals surface area contributed by atoms with Crippen LogP contribution < -0.4 is 10.6 Å². The van der Waals surface area contributed by atoms with Crippen molar-refractivity contribution in [3.05, 3.63) is 47.0 Å². The van der Waals surface area contributed by atoms with Crippen LogP contribution in [-0.4, -0.2) is 36.1 Å². The molecule has 0 fully saturated rings. The van der Waals surface area contributed by atoms with Crippen LogP contribution in [0.5, 0.6) is 0 Å². The molecule has 0 aliphatic rings. The molecule has 0 heterocycles. The van der Waals surface area contributed by atoms with Gasteiger partial charge in [-0.3, -0.25) is 9.59 Å². The number of aliphatic hydroxyl groups excluding tert-OH is 1. The van der Waals surface area contributed by atoms with Crippen molar-refractivity contribution in [1.82, 2.24) is 10.6 Å². The first-order chi connectivity index (χ1) is 10.5. The van der Waals surface area contributed by atoms with E-state index in [1.165, 1.54) is 0 Å². The smallest absolute Gasteiger partial charge is 0.251 e. The van der Waals surface area contributed by atoms with E-state index in [-0.39, 0.29) is 24.3 Å². The maximum Gasteiger partial charge on any atom is 0.251 e. The topological polar surface area (TPSA) is 78.4 Å². The molecule has 0 saturated carbocycles. The number of carbonyl (C=O) groups excluding carboxylic acids is 2. The van der Waals surface area contributed by atoms with E-state index in [4.69, 9.17) is 5.11 Å². The summed E-state index contributed by atoms with van der Waals surface area (Å²) >= 11 is 3.30. The molecule has 0 aliphatic carbocycles. The Labute approximate surface area is 138 Å². The summed E-state index contributed by atoms with van der Waals surface area (Å²) in [5.41, 5.74) is 0.489. The van der Waals surface area contributed by atoms with Crippen LogP contribution in [0.25, 0.3) is 0 Å². The molecule has 0 aliphatic heterocycles. The van der Waals surface area contributed by atoms with Crippen molar-refractivity contribution in [3.8, 4) is 0 Å². The van der Waals surface area contributed by atoms with Crippen LogP contribution in [0.4, 0.5) is 0 Å². The normalized spacial score (nSPS) is 13.0. The van der Waals surface area contributed by atoms with E-state index >= 15 is 0 Å². The Bertz CT molecular complexity index is 517. The lowest BCUT2D eigenvalue weighted by Gasteiger charge is -2.17. The van der Waals surface area contributed by atoms with Crippen molar-refractivity contribution in [1.29, 1.82) is 0 Å². The van der Waals surface area contributed by atoms with E-state index in [0.717, 1.165) is 4.47 Å². The van der Waals surface area contributed by atoms with Crippen molar-refractivity contribution in [2.24, 2.45) is 5.92 Å². The van der Waals surface area contributed by atoms with Gasteiger partial charge in [-0.05, 0) is 37.6 Å². The summed E-state index contributed by atoms with van der Waals surface area (Å²) in [6.45, 7) is 5.55. The molecule has 2 atom stereocenters. The van der Waals surface area contributed by atoms with Gasteiger partial charge in [0.25, 0.3) is 5.91 Å². The fourth-order valence-corrected chi connectivity index (χ4v) is 2.07. The fourth-order valence-electron chi connectivity index (χ4n) is 1.80. The molecular weight excluding hydrogens is 348 g/mol. The van der Waals surface area contributed by atoms with Crippen LogP contribution in [0.1, 0.15) is 23.7 Å². The Morgan fingerprint density at radius 3 is 2.55 bits per heavy atom. The van der Waals surface area contributed by atoms with Crippen molar-refractivity contribution < 1.29 is 14.7 Å². The molecule has 120 valence electrons. The van der Waals surface area contributed by atoms with E-state index in [2.05, 4.69) is 33.1 Å². The van der Waals surface area contributed by atoms with Gasteiger partial charge in [0.1, 0.15) is 6.04 Å². The highest BCUT2D eigenvalue weighted by Gasteiger charge is 2.17. The predicted molar refractivity (Wildman–Crippen MR) is 89.5 cm³/mol. The number of benzene rings is 1. The van der Waals surface area contributed by atoms with Crippen LogP contribution in [0.3, 0.4) is 0 Å².